The molecule has 0 radical (unpaired) electrons. The Kier molecular flexibility index (Phi) is 3.47. The van der Waals surface area contributed by atoms with Crippen LogP contribution in [0, 0.1) is 0 Å². The van der Waals surface area contributed by atoms with Crippen molar-refractivity contribution in [2.75, 3.05) is 12.0 Å². The number of rotatable bonds is 3. The molecule has 6 nitrogen and oxygen atoms in total. The first-order valence-electron chi connectivity index (χ1n) is 7.85. The predicted molar refractivity (Wildman–Crippen MR) is 95.0 cm³/mol. The molecule has 1 aliphatic heterocycles. The Labute approximate surface area is 148 Å². The largest absolute Gasteiger partial charge is 0.497 e. The number of hydrogen-bond acceptors (Lipinski definition) is 4. The summed E-state index contributed by atoms with van der Waals surface area (Å²) < 4.78 is 5.26. The minimum absolute atomic E-state index is 0.0421. The Morgan fingerprint density at radius 2 is 1.69 bits per heavy atom. The van der Waals surface area contributed by atoms with Crippen LogP contribution in [0.15, 0.2) is 54.6 Å². The second-order valence-corrected chi connectivity index (χ2v) is 5.85. The van der Waals surface area contributed by atoms with Gasteiger partial charge in [0.05, 0.1) is 23.9 Å². The summed E-state index contributed by atoms with van der Waals surface area (Å²) in [7, 11) is 1.49. The third-order valence-corrected chi connectivity index (χ3v) is 4.43. The third kappa shape index (κ3) is 2.16. The van der Waals surface area contributed by atoms with Gasteiger partial charge in [0.1, 0.15) is 5.75 Å². The highest BCUT2D eigenvalue weighted by Gasteiger charge is 2.36. The highest BCUT2D eigenvalue weighted by atomic mass is 16.5. The number of carboxylic acid groups (broad SMARTS) is 1. The van der Waals surface area contributed by atoms with Crippen LogP contribution in [0.4, 0.5) is 5.69 Å². The first kappa shape index (κ1) is 15.8. The number of ether oxygens (including phenoxy) is 1. The lowest BCUT2D eigenvalue weighted by Crippen LogP contribution is -2.41. The number of carboxylic acids is 1. The van der Waals surface area contributed by atoms with E-state index in [4.69, 9.17) is 4.74 Å². The number of benzene rings is 3. The van der Waals surface area contributed by atoms with E-state index in [1.54, 1.807) is 42.5 Å². The van der Waals surface area contributed by atoms with Gasteiger partial charge in [-0.3, -0.25) is 9.59 Å². The van der Waals surface area contributed by atoms with Gasteiger partial charge < -0.3 is 9.84 Å². The number of methoxy groups -OCH3 is 1. The number of nitrogens with zero attached hydrogens (tertiary/aromatic N) is 1. The Balaban J connectivity index is 2.01. The molecule has 1 N–H and O–H groups in total. The Morgan fingerprint density at radius 1 is 0.962 bits per heavy atom. The number of anilines is 1. The molecule has 0 unspecified atom stereocenters. The van der Waals surface area contributed by atoms with Gasteiger partial charge in [-0.2, -0.15) is 0 Å². The van der Waals surface area contributed by atoms with Gasteiger partial charge in [-0.1, -0.05) is 24.3 Å². The van der Waals surface area contributed by atoms with Gasteiger partial charge in [-0.05, 0) is 35.7 Å². The van der Waals surface area contributed by atoms with Crippen LogP contribution in [0.2, 0.25) is 0 Å². The normalized spacial score (nSPS) is 13.2. The van der Waals surface area contributed by atoms with E-state index in [-0.39, 0.29) is 11.3 Å². The highest BCUT2D eigenvalue weighted by molar-refractivity contribution is 6.36. The van der Waals surface area contributed by atoms with Crippen molar-refractivity contribution >= 4 is 34.2 Å². The Bertz CT molecular complexity index is 1100. The van der Waals surface area contributed by atoms with Crippen LogP contribution in [0.5, 0.6) is 5.75 Å². The van der Waals surface area contributed by atoms with Crippen molar-refractivity contribution in [3.05, 3.63) is 71.3 Å². The summed E-state index contributed by atoms with van der Waals surface area (Å²) in [4.78, 5) is 38.6. The van der Waals surface area contributed by atoms with Crippen molar-refractivity contribution in [3.8, 4) is 5.75 Å². The standard InChI is InChI=1S/C20H13NO5/c1-26-12-9-11-5-4-7-14-17(11)15(10-12)19(23)21(18(14)22)16-8-3-2-6-13(16)20(24)25/h2-10H,1H3,(H,24,25). The molecule has 0 bridgehead atoms. The van der Waals surface area contributed by atoms with Gasteiger partial charge >= 0.3 is 5.97 Å². The van der Waals surface area contributed by atoms with E-state index < -0.39 is 17.8 Å². The Morgan fingerprint density at radius 3 is 2.42 bits per heavy atom. The van der Waals surface area contributed by atoms with Crippen molar-refractivity contribution < 1.29 is 24.2 Å². The maximum Gasteiger partial charge on any atom is 0.337 e. The number of para-hydroxylation sites is 1. The average molecular weight is 347 g/mol. The smallest absolute Gasteiger partial charge is 0.337 e. The van der Waals surface area contributed by atoms with Crippen LogP contribution in [0.1, 0.15) is 31.1 Å². The molecule has 2 amide bonds. The summed E-state index contributed by atoms with van der Waals surface area (Å²) in [5.41, 5.74) is 0.572. The average Bonchev–Trinajstić information content (AvgIpc) is 2.65. The summed E-state index contributed by atoms with van der Waals surface area (Å²) in [6.45, 7) is 0. The van der Waals surface area contributed by atoms with Crippen molar-refractivity contribution in [2.45, 2.75) is 0 Å². The van der Waals surface area contributed by atoms with Crippen LogP contribution >= 0.6 is 0 Å². The van der Waals surface area contributed by atoms with Crippen LogP contribution in [-0.2, 0) is 0 Å². The maximum absolute atomic E-state index is 13.1. The lowest BCUT2D eigenvalue weighted by molar-refractivity contribution is 0.0698. The molecular weight excluding hydrogens is 334 g/mol. The molecule has 0 aromatic heterocycles. The predicted octanol–water partition coefficient (Wildman–Crippen LogP) is 3.35. The number of aromatic carboxylic acids is 1. The van der Waals surface area contributed by atoms with E-state index in [0.29, 0.717) is 27.6 Å². The molecule has 0 atom stereocenters. The SMILES string of the molecule is COc1cc2c3c(cccc3c1)C(=O)N(c1ccccc1C(=O)O)C2=O. The topological polar surface area (TPSA) is 83.9 Å². The number of hydrogen-bond donors (Lipinski definition) is 1. The second kappa shape index (κ2) is 5.70. The number of imide groups is 1. The van der Waals surface area contributed by atoms with Gasteiger partial charge in [0.2, 0.25) is 0 Å². The van der Waals surface area contributed by atoms with E-state index in [1.165, 1.54) is 19.2 Å². The van der Waals surface area contributed by atoms with Gasteiger partial charge in [0.25, 0.3) is 11.8 Å². The van der Waals surface area contributed by atoms with Crippen molar-refractivity contribution in [3.63, 3.8) is 0 Å². The van der Waals surface area contributed by atoms with Gasteiger partial charge in [0.15, 0.2) is 0 Å². The fourth-order valence-corrected chi connectivity index (χ4v) is 3.27. The molecule has 3 aromatic rings. The van der Waals surface area contributed by atoms with E-state index in [1.807, 2.05) is 0 Å². The lowest BCUT2D eigenvalue weighted by Gasteiger charge is -2.28. The van der Waals surface area contributed by atoms with Gasteiger partial charge in [0, 0.05) is 10.9 Å². The fraction of sp³-hybridized carbons (Fsp3) is 0.0500. The van der Waals surface area contributed by atoms with Crippen molar-refractivity contribution in [1.29, 1.82) is 0 Å². The molecule has 1 heterocycles. The fourth-order valence-electron chi connectivity index (χ4n) is 3.27. The van der Waals surface area contributed by atoms with Crippen LogP contribution < -0.4 is 9.64 Å². The first-order chi connectivity index (χ1) is 12.5. The van der Waals surface area contributed by atoms with Crippen molar-refractivity contribution in [1.82, 2.24) is 0 Å². The molecule has 6 heteroatoms. The summed E-state index contributed by atoms with van der Waals surface area (Å²) in [6.07, 6.45) is 0. The zero-order valence-electron chi connectivity index (χ0n) is 13.7. The lowest BCUT2D eigenvalue weighted by atomic mass is 9.93. The molecule has 26 heavy (non-hydrogen) atoms. The summed E-state index contributed by atoms with van der Waals surface area (Å²) in [5, 5.41) is 10.7. The molecule has 3 aromatic carbocycles. The van der Waals surface area contributed by atoms with Gasteiger partial charge in [-0.15, -0.1) is 0 Å². The number of amides is 2. The molecule has 128 valence electrons. The first-order valence-corrected chi connectivity index (χ1v) is 7.85. The third-order valence-electron chi connectivity index (χ3n) is 4.43. The molecule has 0 spiro atoms. The molecule has 0 saturated carbocycles. The number of carbonyl (C=O) groups excluding carboxylic acids is 2. The maximum atomic E-state index is 13.1. The van der Waals surface area contributed by atoms with Crippen LogP contribution in [-0.4, -0.2) is 30.0 Å². The minimum atomic E-state index is -1.21. The van der Waals surface area contributed by atoms with Crippen LogP contribution in [0.3, 0.4) is 0 Å². The quantitative estimate of drug-likeness (QED) is 0.735. The molecule has 0 aliphatic carbocycles. The number of carbonyl (C=O) groups is 3. The zero-order chi connectivity index (χ0) is 18.4. The molecular formula is C20H13NO5. The minimum Gasteiger partial charge on any atom is -0.497 e. The van der Waals surface area contributed by atoms with E-state index in [0.717, 1.165) is 4.90 Å². The molecule has 4 rings (SSSR count). The summed E-state index contributed by atoms with van der Waals surface area (Å²) in [5.74, 6) is -1.85. The summed E-state index contributed by atoms with van der Waals surface area (Å²) >= 11 is 0. The summed E-state index contributed by atoms with van der Waals surface area (Å²) in [6, 6.07) is 14.4. The van der Waals surface area contributed by atoms with Crippen LogP contribution in [0.25, 0.3) is 10.8 Å². The zero-order valence-corrected chi connectivity index (χ0v) is 13.7. The molecule has 0 fully saturated rings. The van der Waals surface area contributed by atoms with E-state index in [9.17, 15) is 19.5 Å². The monoisotopic (exact) mass is 347 g/mol. The van der Waals surface area contributed by atoms with Gasteiger partial charge in [-0.25, -0.2) is 9.69 Å². The highest BCUT2D eigenvalue weighted by Crippen LogP contribution is 2.36. The van der Waals surface area contributed by atoms with E-state index >= 15 is 0 Å². The second-order valence-electron chi connectivity index (χ2n) is 5.85. The Hall–Kier alpha value is -3.67. The van der Waals surface area contributed by atoms with E-state index in [2.05, 4.69) is 0 Å². The molecule has 1 aliphatic rings. The molecule has 0 saturated heterocycles. The van der Waals surface area contributed by atoms with Crippen molar-refractivity contribution in [2.24, 2.45) is 0 Å².